The lowest BCUT2D eigenvalue weighted by Crippen LogP contribution is -2.36. The third-order valence-electron chi connectivity index (χ3n) is 6.05. The quantitative estimate of drug-likeness (QED) is 0.275. The zero-order chi connectivity index (χ0) is 37.1. The Bertz CT molecular complexity index is 1860. The summed E-state index contributed by atoms with van der Waals surface area (Å²) in [5.41, 5.74) is 0.766. The summed E-state index contributed by atoms with van der Waals surface area (Å²) in [6, 6.07) is 12.6. The first-order valence-electron chi connectivity index (χ1n) is 17.8. The fraction of sp³-hybridized carbons (Fsp3) is 0.267. The van der Waals surface area contributed by atoms with Gasteiger partial charge in [0, 0.05) is 63.4 Å². The largest absolute Gasteiger partial charge is 0.494 e. The first-order valence-corrected chi connectivity index (χ1v) is 12.5. The van der Waals surface area contributed by atoms with Gasteiger partial charge in [-0.05, 0) is 26.1 Å². The molecule has 0 aliphatic carbocycles. The minimum atomic E-state index is -2.87. The number of nitrogens with one attached hydrogen (secondary N) is 2. The lowest BCUT2D eigenvalue weighted by atomic mass is 10.1. The van der Waals surface area contributed by atoms with Crippen LogP contribution in [0, 0.1) is 0 Å². The van der Waals surface area contributed by atoms with E-state index >= 15 is 0 Å². The molecular formula is C30H34N8O3. The van der Waals surface area contributed by atoms with Crippen LogP contribution in [0.5, 0.6) is 5.75 Å². The molecule has 0 radical (unpaired) electrons. The molecule has 2 aromatic carbocycles. The average molecular weight is 565 g/mol. The molecule has 212 valence electrons. The number of hydrogen-bond acceptors (Lipinski definition) is 9. The van der Waals surface area contributed by atoms with Crippen LogP contribution in [0.1, 0.15) is 19.3 Å². The van der Waals surface area contributed by atoms with Gasteiger partial charge >= 0.3 is 0 Å². The van der Waals surface area contributed by atoms with Gasteiger partial charge in [-0.25, -0.2) is 9.67 Å². The first-order chi connectivity index (χ1) is 24.1. The summed E-state index contributed by atoms with van der Waals surface area (Å²) in [5.74, 6) is -0.800. The van der Waals surface area contributed by atoms with Gasteiger partial charge in [0.1, 0.15) is 5.75 Å². The van der Waals surface area contributed by atoms with Crippen LogP contribution in [-0.2, 0) is 16.0 Å². The van der Waals surface area contributed by atoms with Crippen molar-refractivity contribution in [3.8, 4) is 22.8 Å². The Kier molecular flexibility index (Phi) is 5.49. The number of hydrogen-bond donors (Lipinski definition) is 2. The normalized spacial score (nSPS) is 17.6. The predicted octanol–water partition coefficient (Wildman–Crippen LogP) is 4.10. The molecule has 1 saturated heterocycles. The molecule has 4 aromatic rings. The second-order valence-electron chi connectivity index (χ2n) is 8.76. The molecule has 0 unspecified atom stereocenters. The fourth-order valence-electron chi connectivity index (χ4n) is 4.20. The van der Waals surface area contributed by atoms with Gasteiger partial charge in [0.05, 0.1) is 48.5 Å². The van der Waals surface area contributed by atoms with Crippen molar-refractivity contribution in [2.75, 3.05) is 62.9 Å². The van der Waals surface area contributed by atoms with E-state index in [1.54, 1.807) is 30.3 Å². The predicted molar refractivity (Wildman–Crippen MR) is 160 cm³/mol. The van der Waals surface area contributed by atoms with Crippen LogP contribution in [0.2, 0.25) is 0 Å². The van der Waals surface area contributed by atoms with E-state index < -0.39 is 45.2 Å². The molecule has 0 bridgehead atoms. The van der Waals surface area contributed by atoms with E-state index in [9.17, 15) is 4.79 Å². The fourth-order valence-corrected chi connectivity index (χ4v) is 4.20. The number of nitrogens with zero attached hydrogens (tertiary/aromatic N) is 6. The summed E-state index contributed by atoms with van der Waals surface area (Å²) in [7, 11) is -2.87. The van der Waals surface area contributed by atoms with Crippen LogP contribution in [0.4, 0.5) is 23.0 Å². The number of benzene rings is 2. The molecule has 11 heteroatoms. The van der Waals surface area contributed by atoms with E-state index in [0.29, 0.717) is 48.1 Å². The van der Waals surface area contributed by atoms with Gasteiger partial charge in [0.25, 0.3) is 0 Å². The molecule has 1 amide bonds. The third-order valence-corrected chi connectivity index (χ3v) is 6.05. The van der Waals surface area contributed by atoms with Crippen LogP contribution >= 0.6 is 0 Å². The zero-order valence-corrected chi connectivity index (χ0v) is 21.9. The number of anilines is 4. The molecule has 0 saturated carbocycles. The summed E-state index contributed by atoms with van der Waals surface area (Å²) < 4.78 is 93.2. The number of ether oxygens (including phenoxy) is 2. The number of aromatic nitrogens is 4. The minimum Gasteiger partial charge on any atom is -0.494 e. The van der Waals surface area contributed by atoms with Gasteiger partial charge in [-0.1, -0.05) is 36.9 Å². The second-order valence-corrected chi connectivity index (χ2v) is 8.76. The maximum atomic E-state index is 12.4. The van der Waals surface area contributed by atoms with Crippen LogP contribution in [0.15, 0.2) is 73.6 Å². The molecule has 1 fully saturated rings. The number of carbonyl (C=O) groups is 1. The second kappa shape index (κ2) is 12.6. The molecule has 2 N–H and O–H groups in total. The van der Waals surface area contributed by atoms with Crippen LogP contribution in [0.3, 0.4) is 0 Å². The lowest BCUT2D eigenvalue weighted by molar-refractivity contribution is -0.111. The van der Waals surface area contributed by atoms with Gasteiger partial charge in [-0.3, -0.25) is 4.79 Å². The summed E-state index contributed by atoms with van der Waals surface area (Å²) in [5, 5.41) is 10.1. The molecule has 3 heterocycles. The number of carbonyl (C=O) groups excluding carboxylic acids is 1. The van der Waals surface area contributed by atoms with Gasteiger partial charge in [-0.15, -0.1) is 0 Å². The third kappa shape index (κ3) is 6.53. The van der Waals surface area contributed by atoms with Gasteiger partial charge in [-0.2, -0.15) is 10.1 Å². The topological polar surface area (TPSA) is 110 Å². The van der Waals surface area contributed by atoms with Crippen LogP contribution < -0.4 is 20.3 Å². The molecular weight excluding hydrogens is 520 g/mol. The average Bonchev–Trinajstić information content (AvgIpc) is 3.43. The van der Waals surface area contributed by atoms with E-state index in [2.05, 4.69) is 32.3 Å². The van der Waals surface area contributed by atoms with Crippen molar-refractivity contribution in [3.05, 3.63) is 79.1 Å². The highest BCUT2D eigenvalue weighted by atomic mass is 16.5. The molecule has 0 spiro atoms. The minimum absolute atomic E-state index is 0.0340. The Morgan fingerprint density at radius 1 is 1.24 bits per heavy atom. The van der Waals surface area contributed by atoms with Crippen molar-refractivity contribution >= 4 is 28.9 Å². The van der Waals surface area contributed by atoms with Gasteiger partial charge < -0.3 is 29.9 Å². The van der Waals surface area contributed by atoms with Crippen molar-refractivity contribution in [3.63, 3.8) is 0 Å². The molecule has 41 heavy (non-hydrogen) atoms. The highest BCUT2D eigenvalue weighted by Gasteiger charge is 2.20. The molecule has 11 nitrogen and oxygen atoms in total. The summed E-state index contributed by atoms with van der Waals surface area (Å²) in [6.07, 6.45) is 1.86. The number of amides is 1. The molecule has 1 aliphatic rings. The Morgan fingerprint density at radius 2 is 2.07 bits per heavy atom. The van der Waals surface area contributed by atoms with Crippen molar-refractivity contribution in [2.45, 2.75) is 6.50 Å². The van der Waals surface area contributed by atoms with Crippen LogP contribution in [0.25, 0.3) is 17.1 Å². The summed E-state index contributed by atoms with van der Waals surface area (Å²) >= 11 is 0. The van der Waals surface area contributed by atoms with Gasteiger partial charge in [0.15, 0.2) is 5.82 Å². The number of rotatable bonds is 10. The van der Waals surface area contributed by atoms with Gasteiger partial charge in [0.2, 0.25) is 11.9 Å². The Balaban J connectivity index is 1.62. The Labute approximate surface area is 253 Å². The molecule has 2 aromatic heterocycles. The van der Waals surface area contributed by atoms with Crippen LogP contribution in [-0.4, -0.2) is 77.9 Å². The molecule has 1 aliphatic heterocycles. The first kappa shape index (κ1) is 17.8. The maximum Gasteiger partial charge on any atom is 0.247 e. The van der Waals surface area contributed by atoms with Crippen molar-refractivity contribution < 1.29 is 28.0 Å². The van der Waals surface area contributed by atoms with E-state index in [0.717, 1.165) is 10.8 Å². The van der Waals surface area contributed by atoms with Crippen molar-refractivity contribution in [1.82, 2.24) is 24.6 Å². The van der Waals surface area contributed by atoms with E-state index in [1.807, 2.05) is 4.90 Å². The molecule has 0 atom stereocenters. The monoisotopic (exact) mass is 564 g/mol. The summed E-state index contributed by atoms with van der Waals surface area (Å²) in [6.45, 7) is -1.74. The maximum absolute atomic E-state index is 12.4. The smallest absolute Gasteiger partial charge is 0.247 e. The van der Waals surface area contributed by atoms with E-state index in [1.165, 1.54) is 24.4 Å². The SMILES string of the molecule is [2H]c1c(C([2H])([2H])N(C([2H])[2H])C([2H])[2H])c(-c2ccccc2)nn1-c1ccnc(Nc2cc(NC(=O)C=C)c(N3CCOCC3)cc2OC([2H])([2H])[2H])n1. The lowest BCUT2D eigenvalue weighted by Gasteiger charge is -2.31. The van der Waals surface area contributed by atoms with Crippen molar-refractivity contribution in [2.24, 2.45) is 0 Å². The van der Waals surface area contributed by atoms with E-state index in [4.69, 9.17) is 23.2 Å². The standard InChI is InChI=1S/C30H34N8O3/c1-5-28(39)32-23-17-24(26(40-4)18-25(23)37-13-15-41-16-14-37)33-30-31-12-11-27(34-30)38-20-22(19-36(2)3)29(35-38)21-9-7-6-8-10-21/h5-12,17-18,20H,1,13-16,19H2,2-4H3,(H,32,39)(H,31,33,34)/i2D2,3D2,4D3,19D2,20D. The highest BCUT2D eigenvalue weighted by molar-refractivity contribution is 6.02. The highest BCUT2D eigenvalue weighted by Crippen LogP contribution is 2.38. The zero-order valence-electron chi connectivity index (χ0n) is 31.9. The Morgan fingerprint density at radius 3 is 2.83 bits per heavy atom. The molecule has 5 rings (SSSR count). The van der Waals surface area contributed by atoms with E-state index in [-0.39, 0.29) is 28.9 Å². The number of methoxy groups -OCH3 is 1. The Hall–Kier alpha value is -4.74. The van der Waals surface area contributed by atoms with Crippen molar-refractivity contribution in [1.29, 1.82) is 0 Å². The number of morpholine rings is 1. The summed E-state index contributed by atoms with van der Waals surface area (Å²) in [4.78, 5) is 23.4.